The van der Waals surface area contributed by atoms with E-state index in [1.54, 1.807) is 7.11 Å². The molecule has 0 spiro atoms. The molecule has 7 heteroatoms. The van der Waals surface area contributed by atoms with E-state index in [0.717, 1.165) is 29.3 Å². The zero-order chi connectivity index (χ0) is 15.1. The molecule has 21 heavy (non-hydrogen) atoms. The molecule has 1 N–H and O–H groups in total. The topological polar surface area (TPSA) is 59.9 Å². The van der Waals surface area contributed by atoms with Gasteiger partial charge in [-0.2, -0.15) is 15.0 Å². The Morgan fingerprint density at radius 2 is 1.95 bits per heavy atom. The van der Waals surface area contributed by atoms with Gasteiger partial charge in [0.25, 0.3) is 0 Å². The number of halogens is 1. The van der Waals surface area contributed by atoms with E-state index in [1.807, 2.05) is 24.3 Å². The van der Waals surface area contributed by atoms with Crippen LogP contribution in [0.3, 0.4) is 0 Å². The Kier molecular flexibility index (Phi) is 6.07. The van der Waals surface area contributed by atoms with Gasteiger partial charge in [0.15, 0.2) is 5.16 Å². The minimum absolute atomic E-state index is 0.321. The Morgan fingerprint density at radius 3 is 2.62 bits per heavy atom. The van der Waals surface area contributed by atoms with Crippen molar-refractivity contribution in [1.82, 2.24) is 15.0 Å². The maximum absolute atomic E-state index is 5.87. The summed E-state index contributed by atoms with van der Waals surface area (Å²) in [6.07, 6.45) is 1.00. The number of thioether (sulfide) groups is 1. The van der Waals surface area contributed by atoms with Crippen LogP contribution in [-0.4, -0.2) is 28.6 Å². The highest BCUT2D eigenvalue weighted by atomic mass is 35.5. The van der Waals surface area contributed by atoms with Crippen molar-refractivity contribution >= 4 is 29.3 Å². The van der Waals surface area contributed by atoms with Gasteiger partial charge in [-0.3, -0.25) is 0 Å². The first-order valence-corrected chi connectivity index (χ1v) is 7.98. The van der Waals surface area contributed by atoms with Gasteiger partial charge in [-0.05, 0) is 24.1 Å². The molecule has 0 aliphatic rings. The first-order valence-electron chi connectivity index (χ1n) is 6.62. The second-order valence-corrected chi connectivity index (χ2v) is 5.65. The molecule has 0 unspecified atom stereocenters. The second kappa shape index (κ2) is 8.05. The van der Waals surface area contributed by atoms with Crippen molar-refractivity contribution in [3.8, 4) is 6.01 Å². The maximum Gasteiger partial charge on any atom is 0.321 e. The fourth-order valence-corrected chi connectivity index (χ4v) is 2.45. The molecule has 1 heterocycles. The van der Waals surface area contributed by atoms with E-state index < -0.39 is 0 Å². The molecule has 0 saturated carbocycles. The average Bonchev–Trinajstić information content (AvgIpc) is 2.52. The molecular weight excluding hydrogens is 308 g/mol. The number of anilines is 1. The summed E-state index contributed by atoms with van der Waals surface area (Å²) in [5, 5.41) is 4.51. The molecule has 0 aliphatic carbocycles. The number of ether oxygens (including phenoxy) is 1. The third-order valence-corrected chi connectivity index (χ3v) is 3.76. The first-order chi connectivity index (χ1) is 10.2. The summed E-state index contributed by atoms with van der Waals surface area (Å²) in [6.45, 7) is 2.90. The Morgan fingerprint density at radius 1 is 1.19 bits per heavy atom. The Labute approximate surface area is 133 Å². The molecule has 2 aromatic rings. The van der Waals surface area contributed by atoms with Crippen molar-refractivity contribution in [1.29, 1.82) is 0 Å². The summed E-state index contributed by atoms with van der Waals surface area (Å²) in [6, 6.07) is 8.05. The van der Waals surface area contributed by atoms with E-state index in [9.17, 15) is 0 Å². The van der Waals surface area contributed by atoms with Crippen molar-refractivity contribution in [2.45, 2.75) is 24.3 Å². The number of aromatic nitrogens is 3. The third kappa shape index (κ3) is 5.06. The molecule has 0 fully saturated rings. The van der Waals surface area contributed by atoms with E-state index in [4.69, 9.17) is 16.3 Å². The average molecular weight is 325 g/mol. The monoisotopic (exact) mass is 324 g/mol. The van der Waals surface area contributed by atoms with Crippen molar-refractivity contribution < 1.29 is 4.74 Å². The molecule has 0 aliphatic heterocycles. The molecule has 5 nitrogen and oxygen atoms in total. The molecule has 0 bridgehead atoms. The van der Waals surface area contributed by atoms with Crippen LogP contribution in [0.15, 0.2) is 29.4 Å². The van der Waals surface area contributed by atoms with Crippen LogP contribution in [0.25, 0.3) is 0 Å². The molecule has 1 aromatic heterocycles. The van der Waals surface area contributed by atoms with Gasteiger partial charge in [0, 0.05) is 17.3 Å². The zero-order valence-electron chi connectivity index (χ0n) is 12.0. The van der Waals surface area contributed by atoms with Crippen LogP contribution in [0.1, 0.15) is 18.9 Å². The fourth-order valence-electron chi connectivity index (χ4n) is 1.54. The predicted molar refractivity (Wildman–Crippen MR) is 86.2 cm³/mol. The largest absolute Gasteiger partial charge is 0.467 e. The van der Waals surface area contributed by atoms with Gasteiger partial charge in [-0.25, -0.2) is 0 Å². The lowest BCUT2D eigenvalue weighted by molar-refractivity contribution is 0.373. The molecular formula is C14H17ClN4OS. The zero-order valence-corrected chi connectivity index (χ0v) is 13.5. The number of hydrogen-bond donors (Lipinski definition) is 1. The normalized spacial score (nSPS) is 10.4. The van der Waals surface area contributed by atoms with Gasteiger partial charge >= 0.3 is 6.01 Å². The molecule has 2 rings (SSSR count). The lowest BCUT2D eigenvalue weighted by atomic mass is 10.2. The number of nitrogens with zero attached hydrogens (tertiary/aromatic N) is 3. The molecule has 0 atom stereocenters. The number of rotatable bonds is 7. The van der Waals surface area contributed by atoms with Crippen molar-refractivity contribution in [2.75, 3.05) is 19.0 Å². The SMILES string of the molecule is CCCNc1nc(OC)nc(SCc2ccc(Cl)cc2)n1. The summed E-state index contributed by atoms with van der Waals surface area (Å²) >= 11 is 7.40. The van der Waals surface area contributed by atoms with Crippen LogP contribution in [-0.2, 0) is 5.75 Å². The Bertz CT molecular complexity index is 580. The quantitative estimate of drug-likeness (QED) is 0.784. The summed E-state index contributed by atoms with van der Waals surface area (Å²) in [4.78, 5) is 12.8. The lowest BCUT2D eigenvalue weighted by Crippen LogP contribution is -2.07. The predicted octanol–water partition coefficient (Wildman–Crippen LogP) is 3.65. The standard InChI is InChI=1S/C14H17ClN4OS/c1-3-8-16-12-17-13(20-2)19-14(18-12)21-9-10-4-6-11(15)7-5-10/h4-7H,3,8-9H2,1-2H3,(H,16,17,18,19). The molecule has 0 radical (unpaired) electrons. The van der Waals surface area contributed by atoms with E-state index >= 15 is 0 Å². The highest BCUT2D eigenvalue weighted by molar-refractivity contribution is 7.98. The number of benzene rings is 1. The van der Waals surface area contributed by atoms with Crippen LogP contribution >= 0.6 is 23.4 Å². The van der Waals surface area contributed by atoms with Gasteiger partial charge in [0.1, 0.15) is 0 Å². The van der Waals surface area contributed by atoms with Crippen LogP contribution in [0.5, 0.6) is 6.01 Å². The smallest absolute Gasteiger partial charge is 0.321 e. The number of hydrogen-bond acceptors (Lipinski definition) is 6. The lowest BCUT2D eigenvalue weighted by Gasteiger charge is -2.07. The highest BCUT2D eigenvalue weighted by Gasteiger charge is 2.07. The highest BCUT2D eigenvalue weighted by Crippen LogP contribution is 2.22. The summed E-state index contributed by atoms with van der Waals surface area (Å²) < 4.78 is 5.11. The van der Waals surface area contributed by atoms with Crippen LogP contribution in [0, 0.1) is 0 Å². The van der Waals surface area contributed by atoms with Gasteiger partial charge in [0.2, 0.25) is 5.95 Å². The second-order valence-electron chi connectivity index (χ2n) is 4.27. The van der Waals surface area contributed by atoms with E-state index in [1.165, 1.54) is 11.8 Å². The van der Waals surface area contributed by atoms with Gasteiger partial charge in [-0.1, -0.05) is 42.4 Å². The molecule has 1 aromatic carbocycles. The molecule has 0 saturated heterocycles. The summed E-state index contributed by atoms with van der Waals surface area (Å²) in [7, 11) is 1.55. The van der Waals surface area contributed by atoms with Crippen LogP contribution in [0.4, 0.5) is 5.95 Å². The first kappa shape index (κ1) is 15.9. The van der Waals surface area contributed by atoms with Gasteiger partial charge in [-0.15, -0.1) is 0 Å². The van der Waals surface area contributed by atoms with Crippen molar-refractivity contribution in [3.05, 3.63) is 34.9 Å². The van der Waals surface area contributed by atoms with Crippen molar-refractivity contribution in [2.24, 2.45) is 0 Å². The summed E-state index contributed by atoms with van der Waals surface area (Å²) in [5.41, 5.74) is 1.16. The molecule has 0 amide bonds. The van der Waals surface area contributed by atoms with Gasteiger partial charge < -0.3 is 10.1 Å². The van der Waals surface area contributed by atoms with Gasteiger partial charge in [0.05, 0.1) is 7.11 Å². The maximum atomic E-state index is 5.87. The third-order valence-electron chi connectivity index (χ3n) is 2.59. The van der Waals surface area contributed by atoms with E-state index in [2.05, 4.69) is 27.2 Å². The minimum atomic E-state index is 0.321. The summed E-state index contributed by atoms with van der Waals surface area (Å²) in [5.74, 6) is 1.31. The van der Waals surface area contributed by atoms with E-state index in [-0.39, 0.29) is 0 Å². The number of methoxy groups -OCH3 is 1. The van der Waals surface area contributed by atoms with Crippen LogP contribution < -0.4 is 10.1 Å². The Hall–Kier alpha value is -1.53. The fraction of sp³-hybridized carbons (Fsp3) is 0.357. The van der Waals surface area contributed by atoms with Crippen molar-refractivity contribution in [3.63, 3.8) is 0 Å². The van der Waals surface area contributed by atoms with Crippen LogP contribution in [0.2, 0.25) is 5.02 Å². The molecule has 112 valence electrons. The number of nitrogens with one attached hydrogen (secondary N) is 1. The minimum Gasteiger partial charge on any atom is -0.467 e. The van der Waals surface area contributed by atoms with E-state index in [0.29, 0.717) is 17.1 Å². The Balaban J connectivity index is 2.05.